The Morgan fingerprint density at radius 3 is 2.36 bits per heavy atom. The molecule has 1 aliphatic rings. The van der Waals surface area contributed by atoms with Gasteiger partial charge < -0.3 is 4.74 Å². The van der Waals surface area contributed by atoms with Crippen molar-refractivity contribution in [2.75, 3.05) is 13.2 Å². The first-order chi connectivity index (χ1) is 18.4. The highest BCUT2D eigenvalue weighted by molar-refractivity contribution is 5.90. The summed E-state index contributed by atoms with van der Waals surface area (Å²) in [7, 11) is 0. The van der Waals surface area contributed by atoms with Gasteiger partial charge in [0.15, 0.2) is 6.29 Å². The third kappa shape index (κ3) is 11.0. The number of carbonyl (C=O) groups excluding carboxylic acids is 3. The zero-order valence-electron chi connectivity index (χ0n) is 23.1. The van der Waals surface area contributed by atoms with Crippen molar-refractivity contribution in [3.05, 3.63) is 42.0 Å². The molecule has 8 nitrogen and oxygen atoms in total. The van der Waals surface area contributed by atoms with Crippen LogP contribution in [0.5, 0.6) is 0 Å². The second-order valence-electron chi connectivity index (χ2n) is 10.4. The molecule has 1 aromatic rings. The molecule has 0 aromatic heterocycles. The Bertz CT molecular complexity index is 948. The van der Waals surface area contributed by atoms with Gasteiger partial charge in [0.2, 0.25) is 5.91 Å². The largest absolute Gasteiger partial charge is 0.473 e. The van der Waals surface area contributed by atoms with E-state index in [0.717, 1.165) is 18.4 Å². The number of halogens is 3. The van der Waals surface area contributed by atoms with Gasteiger partial charge in [0, 0.05) is 26.0 Å². The molecule has 11 heteroatoms. The zero-order chi connectivity index (χ0) is 29.0. The van der Waals surface area contributed by atoms with Crippen LogP contribution in [0.1, 0.15) is 71.8 Å². The van der Waals surface area contributed by atoms with Gasteiger partial charge in [-0.05, 0) is 43.1 Å². The third-order valence-corrected chi connectivity index (χ3v) is 5.96. The predicted octanol–water partition coefficient (Wildman–Crippen LogP) is 5.26. The van der Waals surface area contributed by atoms with Crippen LogP contribution < -0.4 is 5.48 Å². The number of rotatable bonds is 12. The van der Waals surface area contributed by atoms with Crippen LogP contribution in [0.15, 0.2) is 36.4 Å². The standard InChI is InChI=1S/C28H40F3N3O5/c1-20(2)16-17-24(35)34(33(19-21(3)4)27(37)28(29,30)31)23(14-10-13-22-11-6-5-7-12-22)26(36)32-39-25-15-8-9-18-38-25/h5-7,10-13,20-21,23,25H,8-9,14-19H2,1-4H3,(H,32,36)/t23-,25+/m0/s1. The Hall–Kier alpha value is -2.92. The molecule has 0 spiro atoms. The maximum absolute atomic E-state index is 13.7. The minimum Gasteiger partial charge on any atom is -0.350 e. The van der Waals surface area contributed by atoms with Crippen LogP contribution in [0.25, 0.3) is 6.08 Å². The Balaban J connectivity index is 2.46. The lowest BCUT2D eigenvalue weighted by Crippen LogP contribution is -2.62. The van der Waals surface area contributed by atoms with Gasteiger partial charge >= 0.3 is 12.1 Å². The topological polar surface area (TPSA) is 88.2 Å². The first kappa shape index (κ1) is 32.3. The number of amides is 3. The Labute approximate surface area is 228 Å². The molecule has 218 valence electrons. The monoisotopic (exact) mass is 555 g/mol. The van der Waals surface area contributed by atoms with Gasteiger partial charge in [-0.15, -0.1) is 0 Å². The molecule has 1 aromatic carbocycles. The molecule has 2 rings (SSSR count). The van der Waals surface area contributed by atoms with Crippen LogP contribution in [0, 0.1) is 11.8 Å². The minimum absolute atomic E-state index is 0.0738. The number of hydrogen-bond donors (Lipinski definition) is 1. The van der Waals surface area contributed by atoms with Crippen LogP contribution in [0.2, 0.25) is 0 Å². The third-order valence-electron chi connectivity index (χ3n) is 5.96. The zero-order valence-corrected chi connectivity index (χ0v) is 23.1. The van der Waals surface area contributed by atoms with Gasteiger partial charge in [0.25, 0.3) is 5.91 Å². The van der Waals surface area contributed by atoms with Crippen molar-refractivity contribution in [3.8, 4) is 0 Å². The second kappa shape index (κ2) is 15.6. The predicted molar refractivity (Wildman–Crippen MR) is 140 cm³/mol. The SMILES string of the molecule is CC(C)CCC(=O)N([C@@H](CC=Cc1ccccc1)C(=O)NO[C@@H]1CCCCO1)N(CC(C)C)C(=O)C(F)(F)F. The highest BCUT2D eigenvalue weighted by Gasteiger charge is 2.48. The number of benzene rings is 1. The lowest BCUT2D eigenvalue weighted by molar-refractivity contribution is -0.215. The van der Waals surface area contributed by atoms with Gasteiger partial charge in [-0.2, -0.15) is 13.2 Å². The molecule has 0 radical (unpaired) electrons. The fraction of sp³-hybridized carbons (Fsp3) is 0.607. The van der Waals surface area contributed by atoms with Crippen LogP contribution in [-0.2, 0) is 24.0 Å². The van der Waals surface area contributed by atoms with Crippen molar-refractivity contribution in [1.82, 2.24) is 15.5 Å². The summed E-state index contributed by atoms with van der Waals surface area (Å²) in [5, 5.41) is 1.04. The molecule has 0 saturated carbocycles. The minimum atomic E-state index is -5.25. The first-order valence-electron chi connectivity index (χ1n) is 13.4. The van der Waals surface area contributed by atoms with Crippen LogP contribution in [-0.4, -0.2) is 59.4 Å². The van der Waals surface area contributed by atoms with Gasteiger partial charge in [-0.3, -0.25) is 14.4 Å². The molecule has 1 N–H and O–H groups in total. The molecule has 39 heavy (non-hydrogen) atoms. The van der Waals surface area contributed by atoms with Crippen molar-refractivity contribution in [1.29, 1.82) is 0 Å². The molecule has 0 unspecified atom stereocenters. The highest BCUT2D eigenvalue weighted by Crippen LogP contribution is 2.25. The van der Waals surface area contributed by atoms with Gasteiger partial charge in [0.1, 0.15) is 6.04 Å². The molecular formula is C28H40F3N3O5. The average Bonchev–Trinajstić information content (AvgIpc) is 2.89. The molecule has 1 aliphatic heterocycles. The fourth-order valence-corrected chi connectivity index (χ4v) is 3.98. The first-order valence-corrected chi connectivity index (χ1v) is 13.4. The quantitative estimate of drug-likeness (QED) is 0.356. The van der Waals surface area contributed by atoms with E-state index in [9.17, 15) is 27.6 Å². The maximum atomic E-state index is 13.7. The number of alkyl halides is 3. The summed E-state index contributed by atoms with van der Waals surface area (Å²) < 4.78 is 46.7. The number of hydroxylamine groups is 1. The summed E-state index contributed by atoms with van der Waals surface area (Å²) in [6.07, 6.45) is -0.414. The van der Waals surface area contributed by atoms with E-state index in [-0.39, 0.29) is 18.8 Å². The van der Waals surface area contributed by atoms with Gasteiger partial charge in [-0.25, -0.2) is 20.3 Å². The van der Waals surface area contributed by atoms with E-state index in [2.05, 4.69) is 5.48 Å². The molecule has 1 fully saturated rings. The molecule has 2 atom stereocenters. The Morgan fingerprint density at radius 1 is 1.10 bits per heavy atom. The number of carbonyl (C=O) groups is 3. The molecule has 0 bridgehead atoms. The molecule has 3 amide bonds. The van der Waals surface area contributed by atoms with Crippen LogP contribution in [0.3, 0.4) is 0 Å². The number of hydrazine groups is 1. The number of nitrogens with zero attached hydrogens (tertiary/aromatic N) is 2. The normalized spacial score (nSPS) is 16.9. The lowest BCUT2D eigenvalue weighted by Gasteiger charge is -2.40. The van der Waals surface area contributed by atoms with E-state index in [0.29, 0.717) is 29.5 Å². The lowest BCUT2D eigenvalue weighted by atomic mass is 10.1. The van der Waals surface area contributed by atoms with E-state index in [4.69, 9.17) is 9.57 Å². The number of ether oxygens (including phenoxy) is 1. The highest BCUT2D eigenvalue weighted by atomic mass is 19.4. The fourth-order valence-electron chi connectivity index (χ4n) is 3.98. The van der Waals surface area contributed by atoms with E-state index < -0.39 is 48.7 Å². The molecule has 1 saturated heterocycles. The number of hydrogen-bond acceptors (Lipinski definition) is 5. The van der Waals surface area contributed by atoms with Gasteiger partial charge in [-0.1, -0.05) is 70.2 Å². The van der Waals surface area contributed by atoms with E-state index in [1.807, 2.05) is 44.2 Å². The second-order valence-corrected chi connectivity index (χ2v) is 10.4. The van der Waals surface area contributed by atoms with E-state index in [1.165, 1.54) is 0 Å². The summed E-state index contributed by atoms with van der Waals surface area (Å²) in [6.45, 7) is 7.03. The summed E-state index contributed by atoms with van der Waals surface area (Å²) in [5.74, 6) is -4.18. The van der Waals surface area contributed by atoms with Crippen LogP contribution in [0.4, 0.5) is 13.2 Å². The molecule has 0 aliphatic carbocycles. The molecule has 1 heterocycles. The van der Waals surface area contributed by atoms with Crippen LogP contribution >= 0.6 is 0 Å². The van der Waals surface area contributed by atoms with Crippen molar-refractivity contribution in [3.63, 3.8) is 0 Å². The summed E-state index contributed by atoms with van der Waals surface area (Å²) in [6, 6.07) is 7.61. The Kier molecular flexibility index (Phi) is 12.9. The number of nitrogens with one attached hydrogen (secondary N) is 1. The summed E-state index contributed by atoms with van der Waals surface area (Å²) >= 11 is 0. The van der Waals surface area contributed by atoms with E-state index >= 15 is 0 Å². The summed E-state index contributed by atoms with van der Waals surface area (Å²) in [5.41, 5.74) is 3.07. The van der Waals surface area contributed by atoms with Crippen molar-refractivity contribution < 1.29 is 37.1 Å². The summed E-state index contributed by atoms with van der Waals surface area (Å²) in [4.78, 5) is 44.9. The average molecular weight is 556 g/mol. The van der Waals surface area contributed by atoms with Crippen molar-refractivity contribution >= 4 is 23.8 Å². The molecular weight excluding hydrogens is 515 g/mol. The smallest absolute Gasteiger partial charge is 0.350 e. The Morgan fingerprint density at radius 2 is 1.79 bits per heavy atom. The van der Waals surface area contributed by atoms with E-state index in [1.54, 1.807) is 26.0 Å². The van der Waals surface area contributed by atoms with Gasteiger partial charge in [0.05, 0.1) is 0 Å². The van der Waals surface area contributed by atoms with Crippen molar-refractivity contribution in [2.45, 2.75) is 84.7 Å². The van der Waals surface area contributed by atoms with Crippen molar-refractivity contribution in [2.24, 2.45) is 11.8 Å². The maximum Gasteiger partial charge on any atom is 0.473 e.